The fourth-order valence-corrected chi connectivity index (χ4v) is 1.89. The predicted octanol–water partition coefficient (Wildman–Crippen LogP) is 1.60. The second kappa shape index (κ2) is 6.56. The molecule has 0 saturated carbocycles. The summed E-state index contributed by atoms with van der Waals surface area (Å²) in [6, 6.07) is 6.48. The number of carbonyl (C=O) groups is 2. The number of amides is 2. The molecule has 2 atom stereocenters. The molecule has 0 fully saturated rings. The van der Waals surface area contributed by atoms with E-state index < -0.39 is 18.0 Å². The lowest BCUT2D eigenvalue weighted by Crippen LogP contribution is -2.42. The van der Waals surface area contributed by atoms with E-state index in [0.717, 1.165) is 0 Å². The van der Waals surface area contributed by atoms with Gasteiger partial charge >= 0.3 is 12.0 Å². The SMILES string of the molecule is CC(NC(=O)NC(C(=O)O)c1ccccc1)c1ncc[nH]1. The second-order valence-electron chi connectivity index (χ2n) is 4.50. The van der Waals surface area contributed by atoms with Crippen molar-refractivity contribution in [2.24, 2.45) is 0 Å². The molecule has 2 unspecified atom stereocenters. The average molecular weight is 288 g/mol. The molecule has 0 bridgehead atoms. The summed E-state index contributed by atoms with van der Waals surface area (Å²) in [6.07, 6.45) is 3.23. The first-order valence-corrected chi connectivity index (χ1v) is 6.42. The Hall–Kier alpha value is -2.83. The van der Waals surface area contributed by atoms with Gasteiger partial charge in [0.25, 0.3) is 0 Å². The number of carboxylic acids is 1. The molecule has 0 saturated heterocycles. The first-order valence-electron chi connectivity index (χ1n) is 6.42. The Kier molecular flexibility index (Phi) is 4.55. The van der Waals surface area contributed by atoms with Crippen LogP contribution in [0.3, 0.4) is 0 Å². The monoisotopic (exact) mass is 288 g/mol. The second-order valence-corrected chi connectivity index (χ2v) is 4.50. The van der Waals surface area contributed by atoms with Crippen LogP contribution in [0.25, 0.3) is 0 Å². The number of carbonyl (C=O) groups excluding carboxylic acids is 1. The summed E-state index contributed by atoms with van der Waals surface area (Å²) in [5.41, 5.74) is 0.505. The van der Waals surface area contributed by atoms with Crippen LogP contribution in [0.15, 0.2) is 42.7 Å². The summed E-state index contributed by atoms with van der Waals surface area (Å²) < 4.78 is 0. The molecule has 0 aliphatic carbocycles. The van der Waals surface area contributed by atoms with Crippen molar-refractivity contribution < 1.29 is 14.7 Å². The van der Waals surface area contributed by atoms with E-state index in [1.807, 2.05) is 0 Å². The van der Waals surface area contributed by atoms with E-state index in [1.54, 1.807) is 49.6 Å². The molecule has 21 heavy (non-hydrogen) atoms. The number of nitrogens with zero attached hydrogens (tertiary/aromatic N) is 1. The highest BCUT2D eigenvalue weighted by Gasteiger charge is 2.22. The summed E-state index contributed by atoms with van der Waals surface area (Å²) in [7, 11) is 0. The van der Waals surface area contributed by atoms with Crippen molar-refractivity contribution >= 4 is 12.0 Å². The highest BCUT2D eigenvalue weighted by molar-refractivity contribution is 5.83. The van der Waals surface area contributed by atoms with Gasteiger partial charge in [-0.1, -0.05) is 30.3 Å². The minimum Gasteiger partial charge on any atom is -0.479 e. The molecule has 0 radical (unpaired) electrons. The van der Waals surface area contributed by atoms with Crippen molar-refractivity contribution in [1.29, 1.82) is 0 Å². The lowest BCUT2D eigenvalue weighted by atomic mass is 10.1. The van der Waals surface area contributed by atoms with E-state index in [1.165, 1.54) is 0 Å². The molecule has 2 aromatic rings. The number of aliphatic carboxylic acids is 1. The number of benzene rings is 1. The minimum absolute atomic E-state index is 0.356. The Morgan fingerprint density at radius 1 is 1.24 bits per heavy atom. The van der Waals surface area contributed by atoms with Gasteiger partial charge in [-0.05, 0) is 12.5 Å². The summed E-state index contributed by atoms with van der Waals surface area (Å²) in [5, 5.41) is 14.3. The lowest BCUT2D eigenvalue weighted by Gasteiger charge is -2.17. The molecule has 0 aliphatic rings. The molecule has 7 heteroatoms. The predicted molar refractivity (Wildman–Crippen MR) is 75.5 cm³/mol. The van der Waals surface area contributed by atoms with Crippen LogP contribution in [0.1, 0.15) is 30.4 Å². The third-order valence-corrected chi connectivity index (χ3v) is 2.93. The van der Waals surface area contributed by atoms with Crippen LogP contribution >= 0.6 is 0 Å². The maximum atomic E-state index is 11.9. The van der Waals surface area contributed by atoms with Crippen LogP contribution in [0, 0.1) is 0 Å². The summed E-state index contributed by atoms with van der Waals surface area (Å²) in [4.78, 5) is 30.1. The quantitative estimate of drug-likeness (QED) is 0.670. The van der Waals surface area contributed by atoms with Gasteiger partial charge < -0.3 is 20.7 Å². The Labute approximate surface area is 121 Å². The number of urea groups is 1. The number of nitrogens with one attached hydrogen (secondary N) is 3. The topological polar surface area (TPSA) is 107 Å². The Morgan fingerprint density at radius 2 is 1.95 bits per heavy atom. The average Bonchev–Trinajstić information content (AvgIpc) is 2.99. The first-order chi connectivity index (χ1) is 10.1. The van der Waals surface area contributed by atoms with Gasteiger partial charge in [0.1, 0.15) is 5.82 Å². The number of rotatable bonds is 5. The van der Waals surface area contributed by atoms with Crippen LogP contribution in [-0.2, 0) is 4.79 Å². The van der Waals surface area contributed by atoms with Crippen LogP contribution < -0.4 is 10.6 Å². The number of hydrogen-bond acceptors (Lipinski definition) is 3. The summed E-state index contributed by atoms with van der Waals surface area (Å²) >= 11 is 0. The third-order valence-electron chi connectivity index (χ3n) is 2.93. The number of aromatic nitrogens is 2. The highest BCUT2D eigenvalue weighted by Crippen LogP contribution is 2.13. The number of imidazole rings is 1. The van der Waals surface area contributed by atoms with Crippen molar-refractivity contribution in [1.82, 2.24) is 20.6 Å². The zero-order chi connectivity index (χ0) is 15.2. The molecular weight excluding hydrogens is 272 g/mol. The van der Waals surface area contributed by atoms with E-state index in [-0.39, 0.29) is 6.04 Å². The molecular formula is C14H16N4O3. The normalized spacial score (nSPS) is 13.2. The molecule has 7 nitrogen and oxygen atoms in total. The van der Waals surface area contributed by atoms with Crippen LogP contribution in [0.2, 0.25) is 0 Å². The number of carboxylic acid groups (broad SMARTS) is 1. The lowest BCUT2D eigenvalue weighted by molar-refractivity contribution is -0.139. The molecule has 4 N–H and O–H groups in total. The van der Waals surface area contributed by atoms with E-state index in [4.69, 9.17) is 0 Å². The van der Waals surface area contributed by atoms with Crippen molar-refractivity contribution in [2.75, 3.05) is 0 Å². The van der Waals surface area contributed by atoms with Crippen LogP contribution in [0.4, 0.5) is 4.79 Å². The van der Waals surface area contributed by atoms with Gasteiger partial charge in [-0.2, -0.15) is 0 Å². The maximum Gasteiger partial charge on any atom is 0.330 e. The Morgan fingerprint density at radius 3 is 2.52 bits per heavy atom. The fourth-order valence-electron chi connectivity index (χ4n) is 1.89. The van der Waals surface area contributed by atoms with Crippen LogP contribution in [-0.4, -0.2) is 27.1 Å². The Bertz CT molecular complexity index is 598. The zero-order valence-corrected chi connectivity index (χ0v) is 11.4. The summed E-state index contributed by atoms with van der Waals surface area (Å²) in [5.74, 6) is -0.529. The highest BCUT2D eigenvalue weighted by atomic mass is 16.4. The van der Waals surface area contributed by atoms with Crippen molar-refractivity contribution in [3.63, 3.8) is 0 Å². The van der Waals surface area contributed by atoms with Gasteiger partial charge in [-0.15, -0.1) is 0 Å². The van der Waals surface area contributed by atoms with E-state index >= 15 is 0 Å². The molecule has 110 valence electrons. The molecule has 1 aromatic heterocycles. The van der Waals surface area contributed by atoms with Gasteiger partial charge in [0.05, 0.1) is 6.04 Å². The molecule has 0 spiro atoms. The first kappa shape index (κ1) is 14.6. The van der Waals surface area contributed by atoms with E-state index in [0.29, 0.717) is 11.4 Å². The standard InChI is InChI=1S/C14H16N4O3/c1-9(12-15-7-8-16-12)17-14(21)18-11(13(19)20)10-5-3-2-4-6-10/h2-9,11H,1H3,(H,15,16)(H,19,20)(H2,17,18,21). The molecule has 1 heterocycles. The third kappa shape index (κ3) is 3.82. The van der Waals surface area contributed by atoms with Gasteiger partial charge in [0.15, 0.2) is 6.04 Å². The molecule has 2 rings (SSSR count). The molecule has 2 amide bonds. The van der Waals surface area contributed by atoms with Crippen molar-refractivity contribution in [3.8, 4) is 0 Å². The smallest absolute Gasteiger partial charge is 0.330 e. The number of aromatic amines is 1. The molecule has 1 aromatic carbocycles. The van der Waals surface area contributed by atoms with Gasteiger partial charge in [0.2, 0.25) is 0 Å². The zero-order valence-electron chi connectivity index (χ0n) is 11.4. The van der Waals surface area contributed by atoms with Gasteiger partial charge in [0, 0.05) is 12.4 Å². The minimum atomic E-state index is -1.12. The summed E-state index contributed by atoms with van der Waals surface area (Å²) in [6.45, 7) is 1.75. The van der Waals surface area contributed by atoms with Gasteiger partial charge in [-0.3, -0.25) is 0 Å². The number of hydrogen-bond donors (Lipinski definition) is 4. The fraction of sp³-hybridized carbons (Fsp3) is 0.214. The maximum absolute atomic E-state index is 11.9. The number of H-pyrrole nitrogens is 1. The van der Waals surface area contributed by atoms with Crippen LogP contribution in [0.5, 0.6) is 0 Å². The van der Waals surface area contributed by atoms with E-state index in [9.17, 15) is 14.7 Å². The molecule has 0 aliphatic heterocycles. The van der Waals surface area contributed by atoms with Crippen molar-refractivity contribution in [2.45, 2.75) is 19.0 Å². The van der Waals surface area contributed by atoms with Crippen molar-refractivity contribution in [3.05, 3.63) is 54.1 Å². The van der Waals surface area contributed by atoms with E-state index in [2.05, 4.69) is 20.6 Å². The Balaban J connectivity index is 2.01. The van der Waals surface area contributed by atoms with Gasteiger partial charge in [-0.25, -0.2) is 14.6 Å². The largest absolute Gasteiger partial charge is 0.479 e.